The van der Waals surface area contributed by atoms with Gasteiger partial charge >= 0.3 is 0 Å². The highest BCUT2D eigenvalue weighted by atomic mass is 32.2. The normalized spacial score (nSPS) is 15.5. The minimum Gasteiger partial charge on any atom is -0.385 e. The highest BCUT2D eigenvalue weighted by Crippen LogP contribution is 2.20. The van der Waals surface area contributed by atoms with Crippen LogP contribution in [0.5, 0.6) is 0 Å². The van der Waals surface area contributed by atoms with E-state index in [1.807, 2.05) is 24.3 Å². The van der Waals surface area contributed by atoms with Gasteiger partial charge in [-0.15, -0.1) is 0 Å². The van der Waals surface area contributed by atoms with Gasteiger partial charge in [0.2, 0.25) is 10.0 Å². The maximum Gasteiger partial charge on any atom is 0.243 e. The van der Waals surface area contributed by atoms with Crippen LogP contribution in [-0.2, 0) is 16.4 Å². The number of nitrogen functional groups attached to an aromatic ring is 1. The molecule has 2 aromatic rings. The van der Waals surface area contributed by atoms with E-state index >= 15 is 0 Å². The van der Waals surface area contributed by atoms with Crippen molar-refractivity contribution in [2.45, 2.75) is 31.1 Å². The molecule has 7 nitrogen and oxygen atoms in total. The summed E-state index contributed by atoms with van der Waals surface area (Å²) in [6.45, 7) is 5.44. The van der Waals surface area contributed by atoms with Crippen molar-refractivity contribution >= 4 is 21.5 Å². The van der Waals surface area contributed by atoms with Crippen molar-refractivity contribution in [3.63, 3.8) is 0 Å². The number of piperazine rings is 1. The van der Waals surface area contributed by atoms with Crippen LogP contribution in [0.2, 0.25) is 0 Å². The molecular weight excluding hydrogens is 374 g/mol. The van der Waals surface area contributed by atoms with Crippen LogP contribution in [0, 0.1) is 0 Å². The van der Waals surface area contributed by atoms with Gasteiger partial charge < -0.3 is 16.4 Å². The molecule has 0 bridgehead atoms. The Balaban J connectivity index is 1.70. The average Bonchev–Trinajstić information content (AvgIpc) is 2.69. The molecule has 28 heavy (non-hydrogen) atoms. The third-order valence-corrected chi connectivity index (χ3v) is 6.69. The molecule has 1 aliphatic rings. The van der Waals surface area contributed by atoms with E-state index in [2.05, 4.69) is 22.5 Å². The minimum absolute atomic E-state index is 0.334. The predicted molar refractivity (Wildman–Crippen MR) is 113 cm³/mol. The minimum atomic E-state index is -3.43. The third kappa shape index (κ3) is 5.21. The smallest absolute Gasteiger partial charge is 0.243 e. The topological polar surface area (TPSA) is 100 Å². The highest BCUT2D eigenvalue weighted by molar-refractivity contribution is 7.89. The van der Waals surface area contributed by atoms with E-state index in [0.29, 0.717) is 43.3 Å². The first-order chi connectivity index (χ1) is 13.5. The molecule has 1 aromatic heterocycles. The predicted octanol–water partition coefficient (Wildman–Crippen LogP) is 2.06. The Labute approximate surface area is 167 Å². The third-order valence-electron chi connectivity index (χ3n) is 4.78. The SMILES string of the molecule is CCCCNc1cc(N)nc(Cc2ccc(S(=O)(=O)N3CCNCC3)cc2)c1. The van der Waals surface area contributed by atoms with Crippen molar-refractivity contribution < 1.29 is 8.42 Å². The van der Waals surface area contributed by atoms with Gasteiger partial charge in [0.25, 0.3) is 0 Å². The fourth-order valence-electron chi connectivity index (χ4n) is 3.24. The maximum atomic E-state index is 12.7. The average molecular weight is 404 g/mol. The van der Waals surface area contributed by atoms with Crippen molar-refractivity contribution in [1.29, 1.82) is 0 Å². The molecule has 4 N–H and O–H groups in total. The molecule has 0 unspecified atom stereocenters. The van der Waals surface area contributed by atoms with Gasteiger partial charge in [0.15, 0.2) is 0 Å². The number of sulfonamides is 1. The summed E-state index contributed by atoms with van der Waals surface area (Å²) < 4.78 is 27.0. The van der Waals surface area contributed by atoms with Crippen LogP contribution in [0.4, 0.5) is 11.5 Å². The number of nitrogens with two attached hydrogens (primary N) is 1. The summed E-state index contributed by atoms with van der Waals surface area (Å²) in [5.41, 5.74) is 8.76. The van der Waals surface area contributed by atoms with Crippen LogP contribution in [0.3, 0.4) is 0 Å². The standard InChI is InChI=1S/C20H29N5O2S/c1-2-3-8-23-17-14-18(24-20(21)15-17)13-16-4-6-19(7-5-16)28(26,27)25-11-9-22-10-12-25/h4-7,14-15,22H,2-3,8-13H2,1H3,(H3,21,23,24). The van der Waals surface area contributed by atoms with Crippen molar-refractivity contribution in [3.05, 3.63) is 47.7 Å². The Kier molecular flexibility index (Phi) is 6.88. The molecule has 1 aliphatic heterocycles. The Morgan fingerprint density at radius 2 is 1.89 bits per heavy atom. The van der Waals surface area contributed by atoms with Crippen molar-refractivity contribution in [3.8, 4) is 0 Å². The second-order valence-corrected chi connectivity index (χ2v) is 8.97. The molecule has 2 heterocycles. The van der Waals surface area contributed by atoms with E-state index in [4.69, 9.17) is 5.73 Å². The molecule has 0 atom stereocenters. The zero-order chi connectivity index (χ0) is 20.0. The summed E-state index contributed by atoms with van der Waals surface area (Å²) in [5.74, 6) is 0.481. The number of hydrogen-bond acceptors (Lipinski definition) is 6. The van der Waals surface area contributed by atoms with E-state index < -0.39 is 10.0 Å². The molecule has 0 spiro atoms. The molecule has 152 valence electrons. The first kappa shape index (κ1) is 20.6. The first-order valence-corrected chi connectivity index (χ1v) is 11.2. The molecule has 0 saturated carbocycles. The Hall–Kier alpha value is -2.16. The van der Waals surface area contributed by atoms with Gasteiger partial charge in [0.05, 0.1) is 4.90 Å². The number of benzene rings is 1. The summed E-state index contributed by atoms with van der Waals surface area (Å²) in [5, 5.41) is 6.54. The van der Waals surface area contributed by atoms with Crippen LogP contribution in [0.15, 0.2) is 41.3 Å². The van der Waals surface area contributed by atoms with E-state index in [0.717, 1.165) is 36.3 Å². The molecule has 0 amide bonds. The molecule has 1 aromatic carbocycles. The van der Waals surface area contributed by atoms with Gasteiger partial charge in [-0.05, 0) is 30.2 Å². The summed E-state index contributed by atoms with van der Waals surface area (Å²) in [6.07, 6.45) is 2.83. The zero-order valence-corrected chi connectivity index (χ0v) is 17.1. The molecule has 1 saturated heterocycles. The van der Waals surface area contributed by atoms with E-state index in [1.54, 1.807) is 12.1 Å². The van der Waals surface area contributed by atoms with Crippen LogP contribution in [0.25, 0.3) is 0 Å². The Bertz CT molecular complexity index is 878. The molecule has 1 fully saturated rings. The van der Waals surface area contributed by atoms with Gasteiger partial charge in [-0.1, -0.05) is 25.5 Å². The number of nitrogens with one attached hydrogen (secondary N) is 2. The van der Waals surface area contributed by atoms with Crippen LogP contribution < -0.4 is 16.4 Å². The zero-order valence-electron chi connectivity index (χ0n) is 16.3. The molecular formula is C20H29N5O2S. The molecule has 3 rings (SSSR count). The molecule has 8 heteroatoms. The van der Waals surface area contributed by atoms with Gasteiger partial charge in [0.1, 0.15) is 5.82 Å². The number of rotatable bonds is 8. The monoisotopic (exact) mass is 403 g/mol. The van der Waals surface area contributed by atoms with Gasteiger partial charge in [-0.3, -0.25) is 0 Å². The number of nitrogens with zero attached hydrogens (tertiary/aromatic N) is 2. The molecule has 0 radical (unpaired) electrons. The van der Waals surface area contributed by atoms with Crippen LogP contribution in [0.1, 0.15) is 31.0 Å². The maximum absolute atomic E-state index is 12.7. The lowest BCUT2D eigenvalue weighted by molar-refractivity contribution is 0.360. The Morgan fingerprint density at radius 1 is 1.18 bits per heavy atom. The quantitative estimate of drug-likeness (QED) is 0.584. The highest BCUT2D eigenvalue weighted by Gasteiger charge is 2.25. The lowest BCUT2D eigenvalue weighted by atomic mass is 10.1. The summed E-state index contributed by atoms with van der Waals surface area (Å²) in [6, 6.07) is 10.9. The van der Waals surface area contributed by atoms with E-state index in [9.17, 15) is 8.42 Å². The second-order valence-electron chi connectivity index (χ2n) is 7.03. The molecule has 0 aliphatic carbocycles. The van der Waals surface area contributed by atoms with Gasteiger partial charge in [-0.25, -0.2) is 13.4 Å². The number of unbranched alkanes of at least 4 members (excludes halogenated alkanes) is 1. The van der Waals surface area contributed by atoms with E-state index in [1.165, 1.54) is 4.31 Å². The Morgan fingerprint density at radius 3 is 2.57 bits per heavy atom. The fourth-order valence-corrected chi connectivity index (χ4v) is 4.68. The number of anilines is 2. The fraction of sp³-hybridized carbons (Fsp3) is 0.450. The van der Waals surface area contributed by atoms with E-state index in [-0.39, 0.29) is 0 Å². The lowest BCUT2D eigenvalue weighted by Crippen LogP contribution is -2.46. The number of pyridine rings is 1. The summed E-state index contributed by atoms with van der Waals surface area (Å²) >= 11 is 0. The van der Waals surface area contributed by atoms with Crippen molar-refractivity contribution in [2.24, 2.45) is 0 Å². The van der Waals surface area contributed by atoms with Crippen LogP contribution in [-0.4, -0.2) is 50.4 Å². The van der Waals surface area contributed by atoms with Gasteiger partial charge in [-0.2, -0.15) is 4.31 Å². The number of hydrogen-bond donors (Lipinski definition) is 3. The van der Waals surface area contributed by atoms with Crippen molar-refractivity contribution in [2.75, 3.05) is 43.8 Å². The van der Waals surface area contributed by atoms with Crippen LogP contribution >= 0.6 is 0 Å². The summed E-state index contributed by atoms with van der Waals surface area (Å²) in [7, 11) is -3.43. The second kappa shape index (κ2) is 9.36. The number of aromatic nitrogens is 1. The lowest BCUT2D eigenvalue weighted by Gasteiger charge is -2.26. The van der Waals surface area contributed by atoms with Gasteiger partial charge in [0, 0.05) is 56.6 Å². The van der Waals surface area contributed by atoms with Crippen molar-refractivity contribution in [1.82, 2.24) is 14.6 Å². The largest absolute Gasteiger partial charge is 0.385 e. The first-order valence-electron chi connectivity index (χ1n) is 9.79. The summed E-state index contributed by atoms with van der Waals surface area (Å²) in [4.78, 5) is 4.74.